The third-order valence-corrected chi connectivity index (χ3v) is 5.40. The van der Waals surface area contributed by atoms with E-state index in [1.165, 1.54) is 22.2 Å². The normalized spacial score (nSPS) is 11.7. The quantitative estimate of drug-likeness (QED) is 0.461. The van der Waals surface area contributed by atoms with Gasteiger partial charge in [0.2, 0.25) is 0 Å². The van der Waals surface area contributed by atoms with Crippen LogP contribution in [0.15, 0.2) is 97.2 Å². The van der Waals surface area contributed by atoms with E-state index in [0.717, 1.165) is 30.8 Å². The molecule has 0 amide bonds. The molecule has 31 heavy (non-hydrogen) atoms. The summed E-state index contributed by atoms with van der Waals surface area (Å²) in [5.41, 5.74) is 5.26. The van der Waals surface area contributed by atoms with Gasteiger partial charge in [-0.25, -0.2) is 4.39 Å². The highest BCUT2D eigenvalue weighted by Gasteiger charge is 2.15. The minimum absolute atomic E-state index is 0.208. The summed E-state index contributed by atoms with van der Waals surface area (Å²) < 4.78 is 15.8. The lowest BCUT2D eigenvalue weighted by atomic mass is 10.1. The molecule has 0 saturated heterocycles. The minimum Gasteiger partial charge on any atom is -0.342 e. The third-order valence-electron chi connectivity index (χ3n) is 5.40. The van der Waals surface area contributed by atoms with Gasteiger partial charge in [0.1, 0.15) is 25.5 Å². The molecule has 0 spiro atoms. The van der Waals surface area contributed by atoms with Gasteiger partial charge >= 0.3 is 0 Å². The van der Waals surface area contributed by atoms with Crippen molar-refractivity contribution in [2.24, 2.45) is 0 Å². The summed E-state index contributed by atoms with van der Waals surface area (Å²) in [6, 6.07) is 31.5. The molecule has 3 nitrogen and oxygen atoms in total. The summed E-state index contributed by atoms with van der Waals surface area (Å²) >= 11 is 0. The summed E-state index contributed by atoms with van der Waals surface area (Å²) in [5.74, 6) is -0.208. The summed E-state index contributed by atoms with van der Waals surface area (Å²) in [5, 5.41) is 9.25. The van der Waals surface area contributed by atoms with Crippen molar-refractivity contribution < 1.29 is 9.29 Å². The number of rotatable bonds is 8. The highest BCUT2D eigenvalue weighted by atomic mass is 19.1. The number of nitriles is 1. The van der Waals surface area contributed by atoms with E-state index in [0.29, 0.717) is 12.1 Å². The van der Waals surface area contributed by atoms with Gasteiger partial charge in [-0.05, 0) is 42.0 Å². The van der Waals surface area contributed by atoms with Crippen molar-refractivity contribution in [3.63, 3.8) is 0 Å². The number of benzene rings is 3. The fourth-order valence-electron chi connectivity index (χ4n) is 3.96. The predicted molar refractivity (Wildman–Crippen MR) is 120 cm³/mol. The maximum Gasteiger partial charge on any atom is 0.123 e. The van der Waals surface area contributed by atoms with Crippen LogP contribution in [0.3, 0.4) is 0 Å². The number of nitrogens with zero attached hydrogens (tertiary/aromatic N) is 2. The fourth-order valence-corrected chi connectivity index (χ4v) is 3.96. The van der Waals surface area contributed by atoms with E-state index >= 15 is 0 Å². The molecule has 4 rings (SSSR count). The Morgan fingerprint density at radius 2 is 1.48 bits per heavy atom. The first-order valence-electron chi connectivity index (χ1n) is 10.4. The van der Waals surface area contributed by atoms with E-state index in [9.17, 15) is 9.65 Å². The molecular weight excluding hydrogens is 385 g/mol. The van der Waals surface area contributed by atoms with Gasteiger partial charge < -0.3 is 9.47 Å². The van der Waals surface area contributed by atoms with Crippen LogP contribution >= 0.6 is 0 Å². The summed E-state index contributed by atoms with van der Waals surface area (Å²) in [6.07, 6.45) is 2.05. The second-order valence-electron chi connectivity index (χ2n) is 7.84. The first-order chi connectivity index (χ1) is 15.2. The second kappa shape index (κ2) is 9.88. The topological polar surface area (TPSA) is 33.2 Å². The smallest absolute Gasteiger partial charge is 0.123 e. The van der Waals surface area contributed by atoms with E-state index < -0.39 is 0 Å². The Kier molecular flexibility index (Phi) is 6.56. The number of quaternary nitrogens is 1. The fraction of sp³-hybridized carbons (Fsp3) is 0.148. The molecule has 0 radical (unpaired) electrons. The van der Waals surface area contributed by atoms with Crippen molar-refractivity contribution in [3.05, 3.63) is 131 Å². The second-order valence-corrected chi connectivity index (χ2v) is 7.84. The van der Waals surface area contributed by atoms with Gasteiger partial charge in [-0.2, -0.15) is 5.26 Å². The van der Waals surface area contributed by atoms with Crippen LogP contribution in [-0.2, 0) is 26.2 Å². The zero-order valence-corrected chi connectivity index (χ0v) is 17.3. The van der Waals surface area contributed by atoms with E-state index in [2.05, 4.69) is 53.2 Å². The molecule has 154 valence electrons. The maximum absolute atomic E-state index is 13.6. The van der Waals surface area contributed by atoms with Gasteiger partial charge in [-0.3, -0.25) is 0 Å². The molecule has 1 unspecified atom stereocenters. The standard InChI is InChI=1S/C27H24FN3/c28-26-12-5-11-25(16-26)20-31-14-6-13-27(31)21-30(18-22-7-2-1-3-8-22)19-24-10-4-9-23(15-24)17-29/h1-16H,18-21H2/p+1. The van der Waals surface area contributed by atoms with Gasteiger partial charge in [0.15, 0.2) is 0 Å². The van der Waals surface area contributed by atoms with Crippen LogP contribution in [0.4, 0.5) is 4.39 Å². The van der Waals surface area contributed by atoms with Crippen molar-refractivity contribution in [1.82, 2.24) is 4.57 Å². The molecule has 0 saturated carbocycles. The molecular formula is C27H25FN3+. The molecule has 0 fully saturated rings. The highest BCUT2D eigenvalue weighted by molar-refractivity contribution is 5.32. The van der Waals surface area contributed by atoms with Gasteiger partial charge in [0.05, 0.1) is 17.3 Å². The van der Waals surface area contributed by atoms with Gasteiger partial charge in [-0.1, -0.05) is 54.6 Å². The van der Waals surface area contributed by atoms with Gasteiger partial charge in [-0.15, -0.1) is 0 Å². The monoisotopic (exact) mass is 410 g/mol. The molecule has 0 aliphatic carbocycles. The van der Waals surface area contributed by atoms with Crippen LogP contribution < -0.4 is 4.90 Å². The lowest BCUT2D eigenvalue weighted by Crippen LogP contribution is -3.08. The first-order valence-corrected chi connectivity index (χ1v) is 10.4. The van der Waals surface area contributed by atoms with Crippen molar-refractivity contribution >= 4 is 0 Å². The number of hydrogen-bond acceptors (Lipinski definition) is 1. The van der Waals surface area contributed by atoms with E-state index in [-0.39, 0.29) is 5.82 Å². The molecule has 1 aromatic heterocycles. The molecule has 3 aromatic carbocycles. The highest BCUT2D eigenvalue weighted by Crippen LogP contribution is 2.10. The van der Waals surface area contributed by atoms with Crippen molar-refractivity contribution in [3.8, 4) is 6.07 Å². The van der Waals surface area contributed by atoms with E-state index in [1.807, 2.05) is 36.4 Å². The SMILES string of the molecule is N#Cc1cccc(C[NH+](Cc2ccccc2)Cc2cccn2Cc2cccc(F)c2)c1. The van der Waals surface area contributed by atoms with Crippen molar-refractivity contribution in [1.29, 1.82) is 5.26 Å². The van der Waals surface area contributed by atoms with Crippen LogP contribution in [0.5, 0.6) is 0 Å². The zero-order valence-electron chi connectivity index (χ0n) is 17.3. The summed E-state index contributed by atoms with van der Waals surface area (Å²) in [4.78, 5) is 1.38. The summed E-state index contributed by atoms with van der Waals surface area (Å²) in [7, 11) is 0. The average molecular weight is 411 g/mol. The lowest BCUT2D eigenvalue weighted by Gasteiger charge is -2.21. The molecule has 1 heterocycles. The Balaban J connectivity index is 1.56. The Bertz CT molecular complexity index is 1170. The minimum atomic E-state index is -0.208. The third kappa shape index (κ3) is 5.69. The van der Waals surface area contributed by atoms with Crippen molar-refractivity contribution in [2.75, 3.05) is 0 Å². The van der Waals surface area contributed by atoms with Crippen LogP contribution in [-0.4, -0.2) is 4.57 Å². The van der Waals surface area contributed by atoms with Crippen LogP contribution in [0.1, 0.15) is 27.9 Å². The molecule has 4 heteroatoms. The first kappa shape index (κ1) is 20.6. The van der Waals surface area contributed by atoms with Crippen LogP contribution in [0, 0.1) is 17.1 Å². The Morgan fingerprint density at radius 1 is 0.742 bits per heavy atom. The molecule has 0 aliphatic rings. The maximum atomic E-state index is 13.6. The lowest BCUT2D eigenvalue weighted by molar-refractivity contribution is -0.941. The molecule has 1 N–H and O–H groups in total. The molecule has 1 atom stereocenters. The Morgan fingerprint density at radius 3 is 2.29 bits per heavy atom. The van der Waals surface area contributed by atoms with Gasteiger partial charge in [0, 0.05) is 23.9 Å². The predicted octanol–water partition coefficient (Wildman–Crippen LogP) is 4.33. The van der Waals surface area contributed by atoms with Crippen LogP contribution in [0.25, 0.3) is 0 Å². The Hall–Kier alpha value is -3.68. The van der Waals surface area contributed by atoms with Gasteiger partial charge in [0.25, 0.3) is 0 Å². The van der Waals surface area contributed by atoms with E-state index in [4.69, 9.17) is 0 Å². The number of halogens is 1. The number of hydrogen-bond donors (Lipinski definition) is 1. The van der Waals surface area contributed by atoms with Crippen molar-refractivity contribution in [2.45, 2.75) is 26.2 Å². The van der Waals surface area contributed by atoms with E-state index in [1.54, 1.807) is 12.1 Å². The van der Waals surface area contributed by atoms with Crippen LogP contribution in [0.2, 0.25) is 0 Å². The number of nitrogens with one attached hydrogen (secondary N) is 1. The Labute approximate surface area is 182 Å². The molecule has 4 aromatic rings. The molecule has 0 aliphatic heterocycles. The largest absolute Gasteiger partial charge is 0.342 e. The summed E-state index contributed by atoms with van der Waals surface area (Å²) in [6.45, 7) is 3.16. The average Bonchev–Trinajstić information content (AvgIpc) is 3.21. The zero-order chi connectivity index (χ0) is 21.5. The molecule has 0 bridgehead atoms. The number of aromatic nitrogens is 1.